The smallest absolute Gasteiger partial charge is 0.407 e. The van der Waals surface area contributed by atoms with E-state index in [1.807, 2.05) is 30.3 Å². The molecule has 4 rings (SSSR count). The van der Waals surface area contributed by atoms with Crippen molar-refractivity contribution in [2.24, 2.45) is 11.1 Å². The number of carbonyl (C=O) groups is 2. The van der Waals surface area contributed by atoms with E-state index in [9.17, 15) is 9.59 Å². The number of rotatable bonds is 5. The lowest BCUT2D eigenvalue weighted by molar-refractivity contribution is -0.175. The number of nitrogens with one attached hydrogen (secondary N) is 1. The standard InChI is InChI=1S/C15H18N2O3/c16-6-12(18)14-8-15(9-14,10-14)17-13(19)20-7-11-4-2-1-3-5-11/h1-5H,6-10,16H2,(H,17,19). The van der Waals surface area contributed by atoms with Crippen molar-refractivity contribution in [2.45, 2.75) is 31.4 Å². The number of Topliss-reactive ketones (excluding diaryl/α,β-unsaturated/α-hetero) is 1. The minimum absolute atomic E-state index is 0.0918. The average molecular weight is 274 g/mol. The van der Waals surface area contributed by atoms with Crippen LogP contribution in [0.2, 0.25) is 0 Å². The number of benzene rings is 1. The molecule has 2 bridgehead atoms. The Morgan fingerprint density at radius 2 is 1.85 bits per heavy atom. The third-order valence-corrected chi connectivity index (χ3v) is 4.39. The number of carbonyl (C=O) groups excluding carboxylic acids is 2. The van der Waals surface area contributed by atoms with Gasteiger partial charge in [0.05, 0.1) is 6.54 Å². The minimum Gasteiger partial charge on any atom is -0.445 e. The van der Waals surface area contributed by atoms with Crippen molar-refractivity contribution < 1.29 is 14.3 Å². The van der Waals surface area contributed by atoms with Crippen LogP contribution in [0.5, 0.6) is 0 Å². The molecular formula is C15H18N2O3. The summed E-state index contributed by atoms with van der Waals surface area (Å²) >= 11 is 0. The van der Waals surface area contributed by atoms with Gasteiger partial charge in [-0.25, -0.2) is 4.79 Å². The molecule has 3 N–H and O–H groups in total. The van der Waals surface area contributed by atoms with Crippen LogP contribution >= 0.6 is 0 Å². The summed E-state index contributed by atoms with van der Waals surface area (Å²) in [5.41, 5.74) is 5.87. The molecule has 0 radical (unpaired) electrons. The van der Waals surface area contributed by atoms with Crippen LogP contribution in [0.25, 0.3) is 0 Å². The van der Waals surface area contributed by atoms with Gasteiger partial charge in [-0.1, -0.05) is 30.3 Å². The molecule has 1 aromatic carbocycles. The molecule has 5 nitrogen and oxygen atoms in total. The Bertz CT molecular complexity index is 522. The molecule has 3 aliphatic rings. The van der Waals surface area contributed by atoms with Crippen LogP contribution in [0, 0.1) is 5.41 Å². The molecule has 3 fully saturated rings. The molecule has 0 saturated heterocycles. The first kappa shape index (κ1) is 13.1. The van der Waals surface area contributed by atoms with Gasteiger partial charge in [-0.2, -0.15) is 0 Å². The van der Waals surface area contributed by atoms with E-state index in [0.29, 0.717) is 19.3 Å². The molecule has 0 spiro atoms. The number of amides is 1. The van der Waals surface area contributed by atoms with E-state index in [-0.39, 0.29) is 29.9 Å². The molecule has 0 atom stereocenters. The van der Waals surface area contributed by atoms with Gasteiger partial charge in [0.15, 0.2) is 5.78 Å². The highest BCUT2D eigenvalue weighted by molar-refractivity contribution is 5.91. The molecule has 0 heterocycles. The maximum Gasteiger partial charge on any atom is 0.407 e. The van der Waals surface area contributed by atoms with Crippen molar-refractivity contribution in [1.29, 1.82) is 0 Å². The summed E-state index contributed by atoms with van der Waals surface area (Å²) in [6.45, 7) is 0.351. The molecule has 0 aromatic heterocycles. The second-order valence-corrected chi connectivity index (χ2v) is 5.91. The quantitative estimate of drug-likeness (QED) is 0.849. The third-order valence-electron chi connectivity index (χ3n) is 4.39. The Kier molecular flexibility index (Phi) is 3.01. The topological polar surface area (TPSA) is 81.4 Å². The van der Waals surface area contributed by atoms with Crippen LogP contribution in [-0.4, -0.2) is 24.0 Å². The van der Waals surface area contributed by atoms with Crippen LogP contribution in [0.15, 0.2) is 30.3 Å². The first-order chi connectivity index (χ1) is 9.57. The summed E-state index contributed by atoms with van der Waals surface area (Å²) in [6, 6.07) is 9.53. The Hall–Kier alpha value is -1.88. The van der Waals surface area contributed by atoms with Gasteiger partial charge in [0.2, 0.25) is 0 Å². The molecule has 5 heteroatoms. The molecule has 0 unspecified atom stereocenters. The van der Waals surface area contributed by atoms with E-state index in [0.717, 1.165) is 5.56 Å². The second kappa shape index (κ2) is 4.59. The number of nitrogens with two attached hydrogens (primary N) is 1. The lowest BCUT2D eigenvalue weighted by atomic mass is 9.38. The van der Waals surface area contributed by atoms with E-state index >= 15 is 0 Å². The van der Waals surface area contributed by atoms with Crippen molar-refractivity contribution in [3.8, 4) is 0 Å². The maximum absolute atomic E-state index is 11.8. The summed E-state index contributed by atoms with van der Waals surface area (Å²) < 4.78 is 5.18. The number of alkyl carbamates (subject to hydrolysis) is 1. The van der Waals surface area contributed by atoms with Crippen molar-refractivity contribution in [2.75, 3.05) is 6.54 Å². The van der Waals surface area contributed by atoms with Gasteiger partial charge in [0, 0.05) is 11.0 Å². The fourth-order valence-electron chi connectivity index (χ4n) is 3.41. The van der Waals surface area contributed by atoms with Crippen molar-refractivity contribution in [3.05, 3.63) is 35.9 Å². The number of ether oxygens (including phenoxy) is 1. The van der Waals surface area contributed by atoms with Gasteiger partial charge in [-0.05, 0) is 24.8 Å². The SMILES string of the molecule is NCC(=O)C12CC(NC(=O)OCc3ccccc3)(C1)C2. The van der Waals surface area contributed by atoms with E-state index in [1.165, 1.54) is 0 Å². The normalized spacial score (nSPS) is 29.9. The summed E-state index contributed by atoms with van der Waals surface area (Å²) in [6.07, 6.45) is 1.70. The highest BCUT2D eigenvalue weighted by atomic mass is 16.5. The highest BCUT2D eigenvalue weighted by Gasteiger charge is 2.71. The lowest BCUT2D eigenvalue weighted by Gasteiger charge is -2.69. The van der Waals surface area contributed by atoms with Gasteiger partial charge in [0.25, 0.3) is 0 Å². The number of hydrogen-bond donors (Lipinski definition) is 2. The van der Waals surface area contributed by atoms with Gasteiger partial charge >= 0.3 is 6.09 Å². The molecule has 3 aliphatic carbocycles. The van der Waals surface area contributed by atoms with Crippen molar-refractivity contribution in [3.63, 3.8) is 0 Å². The Morgan fingerprint density at radius 1 is 1.20 bits per heavy atom. The summed E-state index contributed by atoms with van der Waals surface area (Å²) in [5, 5.41) is 2.88. The molecule has 3 saturated carbocycles. The van der Waals surface area contributed by atoms with E-state index in [1.54, 1.807) is 0 Å². The third kappa shape index (κ3) is 2.08. The fraction of sp³-hybridized carbons (Fsp3) is 0.467. The highest BCUT2D eigenvalue weighted by Crippen LogP contribution is 2.67. The van der Waals surface area contributed by atoms with E-state index < -0.39 is 6.09 Å². The summed E-state index contributed by atoms with van der Waals surface area (Å²) in [7, 11) is 0. The van der Waals surface area contributed by atoms with Crippen molar-refractivity contribution in [1.82, 2.24) is 5.32 Å². The van der Waals surface area contributed by atoms with Gasteiger partial charge < -0.3 is 15.8 Å². The van der Waals surface area contributed by atoms with E-state index in [4.69, 9.17) is 10.5 Å². The van der Waals surface area contributed by atoms with E-state index in [2.05, 4.69) is 5.32 Å². The second-order valence-electron chi connectivity index (χ2n) is 5.91. The Balaban J connectivity index is 1.45. The Labute approximate surface area is 117 Å². The zero-order valence-electron chi connectivity index (χ0n) is 11.2. The maximum atomic E-state index is 11.8. The van der Waals surface area contributed by atoms with Crippen LogP contribution in [0.4, 0.5) is 4.79 Å². The molecule has 1 amide bonds. The van der Waals surface area contributed by atoms with Gasteiger partial charge in [-0.15, -0.1) is 0 Å². The minimum atomic E-state index is -0.414. The van der Waals surface area contributed by atoms with Crippen LogP contribution < -0.4 is 11.1 Å². The predicted molar refractivity (Wildman–Crippen MR) is 72.8 cm³/mol. The summed E-state index contributed by atoms with van der Waals surface area (Å²) in [4.78, 5) is 23.4. The largest absolute Gasteiger partial charge is 0.445 e. The molecule has 0 aliphatic heterocycles. The fourth-order valence-corrected chi connectivity index (χ4v) is 3.41. The van der Waals surface area contributed by atoms with Crippen LogP contribution in [0.1, 0.15) is 24.8 Å². The number of hydrogen-bond acceptors (Lipinski definition) is 4. The average Bonchev–Trinajstić information content (AvgIpc) is 2.39. The molecule has 106 valence electrons. The zero-order valence-corrected chi connectivity index (χ0v) is 11.2. The zero-order chi connectivity index (χ0) is 14.2. The molecular weight excluding hydrogens is 256 g/mol. The van der Waals surface area contributed by atoms with Crippen LogP contribution in [0.3, 0.4) is 0 Å². The Morgan fingerprint density at radius 3 is 2.45 bits per heavy atom. The lowest BCUT2D eigenvalue weighted by Crippen LogP contribution is -2.77. The first-order valence-corrected chi connectivity index (χ1v) is 6.80. The molecule has 1 aromatic rings. The first-order valence-electron chi connectivity index (χ1n) is 6.80. The molecule has 20 heavy (non-hydrogen) atoms. The summed E-state index contributed by atoms with van der Waals surface area (Å²) in [5.74, 6) is 0.110. The monoisotopic (exact) mass is 274 g/mol. The van der Waals surface area contributed by atoms with Gasteiger partial charge in [0.1, 0.15) is 6.61 Å². The predicted octanol–water partition coefficient (Wildman–Crippen LogP) is 1.36. The van der Waals surface area contributed by atoms with Gasteiger partial charge in [-0.3, -0.25) is 4.79 Å². The van der Waals surface area contributed by atoms with Crippen molar-refractivity contribution >= 4 is 11.9 Å². The number of ketones is 1. The van der Waals surface area contributed by atoms with Crippen LogP contribution in [-0.2, 0) is 16.1 Å².